The van der Waals surface area contributed by atoms with Crippen molar-refractivity contribution in [2.45, 2.75) is 0 Å². The Kier molecular flexibility index (Phi) is 6.69. The highest BCUT2D eigenvalue weighted by Gasteiger charge is 2.14. The number of aromatic hydroxyl groups is 1. The van der Waals surface area contributed by atoms with Crippen molar-refractivity contribution >= 4 is 51.3 Å². The Hall–Kier alpha value is -4.68. The summed E-state index contributed by atoms with van der Waals surface area (Å²) in [7, 11) is 2.15. The van der Waals surface area contributed by atoms with Gasteiger partial charge in [-0.15, -0.1) is 0 Å². The third kappa shape index (κ3) is 5.33. The summed E-state index contributed by atoms with van der Waals surface area (Å²) in [6.07, 6.45) is 5.69. The number of anilines is 1. The highest BCUT2D eigenvalue weighted by molar-refractivity contribution is 6.03. The lowest BCUT2D eigenvalue weighted by molar-refractivity contribution is 0.313. The van der Waals surface area contributed by atoms with E-state index >= 15 is 0 Å². The topological polar surface area (TPSA) is 71.9 Å². The molecule has 5 aromatic rings. The van der Waals surface area contributed by atoms with Gasteiger partial charge in [-0.05, 0) is 71.4 Å². The molecule has 1 aliphatic heterocycles. The summed E-state index contributed by atoms with van der Waals surface area (Å²) < 4.78 is 0. The SMILES string of the molecule is CN1CCN(c2ccc(N=Cc3c(O)[nH]c(=O)c4ccc(C=Cc5ccc6ccccc6c5)cc34)cc2)CC1. The smallest absolute Gasteiger partial charge is 0.258 e. The summed E-state index contributed by atoms with van der Waals surface area (Å²) in [4.78, 5) is 24.4. The molecular weight excluding hydrogens is 484 g/mol. The fourth-order valence-corrected chi connectivity index (χ4v) is 5.04. The second-order valence-corrected chi connectivity index (χ2v) is 10.0. The van der Waals surface area contributed by atoms with Gasteiger partial charge in [0.25, 0.3) is 5.56 Å². The monoisotopic (exact) mass is 514 g/mol. The van der Waals surface area contributed by atoms with Crippen LogP contribution in [0, 0.1) is 0 Å². The van der Waals surface area contributed by atoms with Gasteiger partial charge in [0.2, 0.25) is 5.88 Å². The minimum absolute atomic E-state index is 0.194. The summed E-state index contributed by atoms with van der Waals surface area (Å²) in [5.74, 6) is -0.194. The summed E-state index contributed by atoms with van der Waals surface area (Å²) >= 11 is 0. The van der Waals surface area contributed by atoms with Crippen LogP contribution in [0.2, 0.25) is 0 Å². The van der Waals surface area contributed by atoms with Crippen molar-refractivity contribution in [1.29, 1.82) is 0 Å². The highest BCUT2D eigenvalue weighted by atomic mass is 16.3. The molecule has 0 unspecified atom stereocenters. The summed E-state index contributed by atoms with van der Waals surface area (Å²) in [5, 5.41) is 14.2. The Morgan fingerprint density at radius 2 is 1.49 bits per heavy atom. The molecule has 2 heterocycles. The number of likely N-dealkylation sites (N-methyl/N-ethyl adjacent to an activating group) is 1. The van der Waals surface area contributed by atoms with Crippen molar-refractivity contribution in [3.8, 4) is 5.88 Å². The number of nitrogens with one attached hydrogen (secondary N) is 1. The maximum absolute atomic E-state index is 12.6. The van der Waals surface area contributed by atoms with E-state index in [-0.39, 0.29) is 11.4 Å². The lowest BCUT2D eigenvalue weighted by atomic mass is 10.0. The highest BCUT2D eigenvalue weighted by Crippen LogP contribution is 2.26. The molecule has 0 spiro atoms. The van der Waals surface area contributed by atoms with Crippen LogP contribution in [0.4, 0.5) is 11.4 Å². The number of fused-ring (bicyclic) bond motifs is 2. The second-order valence-electron chi connectivity index (χ2n) is 10.0. The molecule has 0 radical (unpaired) electrons. The van der Waals surface area contributed by atoms with Crippen LogP contribution in [-0.2, 0) is 0 Å². The number of rotatable bonds is 5. The van der Waals surface area contributed by atoms with E-state index in [2.05, 4.69) is 75.4 Å². The molecule has 194 valence electrons. The molecule has 1 aromatic heterocycles. The van der Waals surface area contributed by atoms with Crippen molar-refractivity contribution in [3.63, 3.8) is 0 Å². The van der Waals surface area contributed by atoms with Gasteiger partial charge in [-0.3, -0.25) is 14.8 Å². The number of hydrogen-bond donors (Lipinski definition) is 2. The quantitative estimate of drug-likeness (QED) is 0.221. The van der Waals surface area contributed by atoms with Crippen LogP contribution in [-0.4, -0.2) is 54.4 Å². The van der Waals surface area contributed by atoms with Gasteiger partial charge in [-0.25, -0.2) is 0 Å². The maximum Gasteiger partial charge on any atom is 0.258 e. The lowest BCUT2D eigenvalue weighted by Gasteiger charge is -2.34. The molecule has 4 aromatic carbocycles. The number of aromatic amines is 1. The molecule has 2 N–H and O–H groups in total. The zero-order valence-corrected chi connectivity index (χ0v) is 21.8. The van der Waals surface area contributed by atoms with Crippen molar-refractivity contribution in [2.75, 3.05) is 38.1 Å². The first kappa shape index (κ1) is 24.6. The third-order valence-corrected chi connectivity index (χ3v) is 7.37. The summed E-state index contributed by atoms with van der Waals surface area (Å²) in [5.41, 5.74) is 4.12. The number of piperazine rings is 1. The van der Waals surface area contributed by atoms with E-state index in [0.717, 1.165) is 43.0 Å². The minimum Gasteiger partial charge on any atom is -0.494 e. The number of H-pyrrole nitrogens is 1. The predicted octanol–water partition coefficient (Wildman–Crippen LogP) is 6.06. The van der Waals surface area contributed by atoms with E-state index in [0.29, 0.717) is 16.3 Å². The summed E-state index contributed by atoms with van der Waals surface area (Å²) in [6, 6.07) is 28.3. The number of hydrogen-bond acceptors (Lipinski definition) is 5. The molecule has 0 bridgehead atoms. The molecule has 0 saturated carbocycles. The standard InChI is InChI=1S/C33H30N4O2/c1-36-16-18-37(19-17-36)28-13-11-27(12-14-28)34-22-31-30-21-24(9-15-29(30)32(38)35-33(31)39)7-6-23-8-10-25-4-2-3-5-26(25)20-23/h2-15,20-22H,16-19H2,1H3,(H2,35,38,39). The first-order valence-electron chi connectivity index (χ1n) is 13.2. The number of nitrogens with zero attached hydrogens (tertiary/aromatic N) is 3. The zero-order valence-electron chi connectivity index (χ0n) is 21.8. The van der Waals surface area contributed by atoms with Gasteiger partial charge in [-0.2, -0.15) is 0 Å². The number of benzene rings is 4. The molecule has 0 atom stereocenters. The number of aromatic nitrogens is 1. The molecule has 1 saturated heterocycles. The predicted molar refractivity (Wildman–Crippen MR) is 163 cm³/mol. The average molecular weight is 515 g/mol. The first-order valence-corrected chi connectivity index (χ1v) is 13.2. The molecule has 6 rings (SSSR count). The van der Waals surface area contributed by atoms with Crippen LogP contribution in [0.1, 0.15) is 16.7 Å². The second kappa shape index (κ2) is 10.6. The van der Waals surface area contributed by atoms with Gasteiger partial charge in [0.15, 0.2) is 0 Å². The van der Waals surface area contributed by atoms with Crippen molar-refractivity contribution in [3.05, 3.63) is 112 Å². The first-order chi connectivity index (χ1) is 19.0. The molecule has 39 heavy (non-hydrogen) atoms. The number of pyridine rings is 1. The van der Waals surface area contributed by atoms with Crippen LogP contribution >= 0.6 is 0 Å². The normalized spacial score (nSPS) is 14.7. The lowest BCUT2D eigenvalue weighted by Crippen LogP contribution is -2.44. The molecule has 0 aliphatic carbocycles. The molecule has 1 fully saturated rings. The van der Waals surface area contributed by atoms with Crippen molar-refractivity contribution in [1.82, 2.24) is 9.88 Å². The van der Waals surface area contributed by atoms with Crippen LogP contribution in [0.3, 0.4) is 0 Å². The molecule has 0 amide bonds. The fourth-order valence-electron chi connectivity index (χ4n) is 5.04. The van der Waals surface area contributed by atoms with Crippen LogP contribution in [0.5, 0.6) is 5.88 Å². The molecular formula is C33H30N4O2. The average Bonchev–Trinajstić information content (AvgIpc) is 2.96. The minimum atomic E-state index is -0.332. The van der Waals surface area contributed by atoms with Crippen LogP contribution in [0.15, 0.2) is 94.7 Å². The van der Waals surface area contributed by atoms with Gasteiger partial charge < -0.3 is 14.9 Å². The molecule has 6 heteroatoms. The van der Waals surface area contributed by atoms with E-state index < -0.39 is 0 Å². The van der Waals surface area contributed by atoms with E-state index in [4.69, 9.17) is 0 Å². The van der Waals surface area contributed by atoms with Crippen LogP contribution in [0.25, 0.3) is 33.7 Å². The van der Waals surface area contributed by atoms with E-state index in [9.17, 15) is 9.90 Å². The Balaban J connectivity index is 1.28. The van der Waals surface area contributed by atoms with Crippen LogP contribution < -0.4 is 10.5 Å². The van der Waals surface area contributed by atoms with E-state index in [1.165, 1.54) is 16.5 Å². The maximum atomic E-state index is 12.6. The Morgan fingerprint density at radius 1 is 0.795 bits per heavy atom. The largest absolute Gasteiger partial charge is 0.494 e. The van der Waals surface area contributed by atoms with E-state index in [1.54, 1.807) is 12.3 Å². The zero-order chi connectivity index (χ0) is 26.8. The van der Waals surface area contributed by atoms with Crippen molar-refractivity contribution in [2.24, 2.45) is 4.99 Å². The molecule has 6 nitrogen and oxygen atoms in total. The van der Waals surface area contributed by atoms with Gasteiger partial charge in [0.1, 0.15) is 0 Å². The van der Waals surface area contributed by atoms with Gasteiger partial charge in [0.05, 0.1) is 11.3 Å². The third-order valence-electron chi connectivity index (χ3n) is 7.37. The Labute approximate surface area is 227 Å². The Bertz CT molecular complexity index is 1760. The number of aliphatic imine (C=N–C) groups is 1. The fraction of sp³-hybridized carbons (Fsp3) is 0.152. The van der Waals surface area contributed by atoms with Gasteiger partial charge >= 0.3 is 0 Å². The van der Waals surface area contributed by atoms with Crippen molar-refractivity contribution < 1.29 is 5.11 Å². The molecule has 1 aliphatic rings. The summed E-state index contributed by atoms with van der Waals surface area (Å²) in [6.45, 7) is 4.12. The Morgan fingerprint density at radius 3 is 2.26 bits per heavy atom. The van der Waals surface area contributed by atoms with E-state index in [1.807, 2.05) is 42.5 Å². The van der Waals surface area contributed by atoms with Gasteiger partial charge in [0, 0.05) is 48.9 Å². The van der Waals surface area contributed by atoms with Gasteiger partial charge in [-0.1, -0.05) is 54.6 Å².